The number of carbonyl (C=O) groups excluding carboxylic acids is 1. The first kappa shape index (κ1) is 16.6. The van der Waals surface area contributed by atoms with Crippen molar-refractivity contribution in [2.45, 2.75) is 19.4 Å². The molecule has 2 rings (SSSR count). The van der Waals surface area contributed by atoms with Gasteiger partial charge in [0.2, 0.25) is 5.91 Å². The Morgan fingerprint density at radius 1 is 1.43 bits per heavy atom. The molecule has 0 unspecified atom stereocenters. The maximum Gasteiger partial charge on any atom is 0.221 e. The number of amides is 1. The Bertz CT molecular complexity index is 497. The number of hydrogen-bond donors (Lipinski definition) is 1. The highest BCUT2D eigenvalue weighted by molar-refractivity contribution is 6.42. The summed E-state index contributed by atoms with van der Waals surface area (Å²) in [6, 6.07) is 5.57. The molecule has 1 aliphatic heterocycles. The summed E-state index contributed by atoms with van der Waals surface area (Å²) < 4.78 is 5.80. The highest BCUT2D eigenvalue weighted by atomic mass is 35.5. The Labute approximate surface area is 135 Å². The Morgan fingerprint density at radius 3 is 2.95 bits per heavy atom. The maximum absolute atomic E-state index is 11.5. The first-order valence-electron chi connectivity index (χ1n) is 7.15. The predicted molar refractivity (Wildman–Crippen MR) is 84.9 cm³/mol. The van der Waals surface area contributed by atoms with Crippen molar-refractivity contribution in [3.63, 3.8) is 0 Å². The second kappa shape index (κ2) is 7.99. The number of nitrogens with zero attached hydrogens (tertiary/aromatic N) is 1. The van der Waals surface area contributed by atoms with E-state index in [2.05, 4.69) is 10.2 Å². The lowest BCUT2D eigenvalue weighted by Crippen LogP contribution is -2.40. The average Bonchev–Trinajstić information content (AvgIpc) is 2.49. The van der Waals surface area contributed by atoms with Gasteiger partial charge in [-0.05, 0) is 24.6 Å². The fourth-order valence-corrected chi connectivity index (χ4v) is 2.67. The van der Waals surface area contributed by atoms with Gasteiger partial charge in [0, 0.05) is 32.6 Å². The summed E-state index contributed by atoms with van der Waals surface area (Å²) in [5.41, 5.74) is 1.02. The molecule has 21 heavy (non-hydrogen) atoms. The normalized spacial score (nSPS) is 19.5. The molecule has 0 saturated carbocycles. The van der Waals surface area contributed by atoms with Gasteiger partial charge in [-0.15, -0.1) is 0 Å². The van der Waals surface area contributed by atoms with Gasteiger partial charge in [-0.2, -0.15) is 0 Å². The molecule has 0 radical (unpaired) electrons. The summed E-state index contributed by atoms with van der Waals surface area (Å²) in [7, 11) is 0. The molecule has 1 heterocycles. The largest absolute Gasteiger partial charge is 0.371 e. The average molecular weight is 331 g/mol. The number of hydrogen-bond acceptors (Lipinski definition) is 3. The monoisotopic (exact) mass is 330 g/mol. The zero-order valence-electron chi connectivity index (χ0n) is 12.1. The van der Waals surface area contributed by atoms with Gasteiger partial charge in [-0.1, -0.05) is 29.3 Å². The Balaban J connectivity index is 1.91. The van der Waals surface area contributed by atoms with Gasteiger partial charge >= 0.3 is 0 Å². The van der Waals surface area contributed by atoms with E-state index in [4.69, 9.17) is 27.9 Å². The minimum Gasteiger partial charge on any atom is -0.371 e. The van der Waals surface area contributed by atoms with Crippen LogP contribution in [0.5, 0.6) is 0 Å². The minimum atomic E-state index is -0.0252. The highest BCUT2D eigenvalue weighted by Gasteiger charge is 2.22. The summed E-state index contributed by atoms with van der Waals surface area (Å²) in [6.07, 6.45) is 0.491. The van der Waals surface area contributed by atoms with E-state index in [1.54, 1.807) is 6.07 Å². The second-order valence-electron chi connectivity index (χ2n) is 5.04. The molecule has 0 aliphatic carbocycles. The minimum absolute atomic E-state index is 0.0252. The number of nitrogens with one attached hydrogen (secondary N) is 1. The smallest absolute Gasteiger partial charge is 0.221 e. The van der Waals surface area contributed by atoms with E-state index in [1.807, 2.05) is 19.1 Å². The summed E-state index contributed by atoms with van der Waals surface area (Å²) in [6.45, 7) is 5.60. The molecule has 1 amide bonds. The third-order valence-corrected chi connectivity index (χ3v) is 4.23. The molecule has 0 bridgehead atoms. The lowest BCUT2D eigenvalue weighted by molar-refractivity contribution is -0.121. The van der Waals surface area contributed by atoms with Crippen LogP contribution < -0.4 is 5.32 Å². The first-order valence-corrected chi connectivity index (χ1v) is 7.91. The fraction of sp³-hybridized carbons (Fsp3) is 0.533. The molecule has 4 nitrogen and oxygen atoms in total. The zero-order valence-corrected chi connectivity index (χ0v) is 13.6. The van der Waals surface area contributed by atoms with Crippen molar-refractivity contribution in [3.8, 4) is 0 Å². The van der Waals surface area contributed by atoms with Crippen LogP contribution >= 0.6 is 23.2 Å². The van der Waals surface area contributed by atoms with Crippen LogP contribution in [0.1, 0.15) is 25.0 Å². The van der Waals surface area contributed by atoms with Gasteiger partial charge < -0.3 is 10.1 Å². The van der Waals surface area contributed by atoms with Crippen molar-refractivity contribution in [3.05, 3.63) is 33.8 Å². The summed E-state index contributed by atoms with van der Waals surface area (Å²) in [5, 5.41) is 3.90. The van der Waals surface area contributed by atoms with Gasteiger partial charge in [0.15, 0.2) is 0 Å². The Hall–Kier alpha value is -0.810. The maximum atomic E-state index is 11.5. The summed E-state index contributed by atoms with van der Waals surface area (Å²) in [5.74, 6) is 0.0927. The van der Waals surface area contributed by atoms with Crippen LogP contribution in [-0.2, 0) is 9.53 Å². The Morgan fingerprint density at radius 2 is 2.24 bits per heavy atom. The number of benzene rings is 1. The van der Waals surface area contributed by atoms with Crippen LogP contribution in [0.25, 0.3) is 0 Å². The van der Waals surface area contributed by atoms with Crippen LogP contribution in [0.2, 0.25) is 10.0 Å². The SMILES string of the molecule is CCNC(=O)CCN1CCO[C@@H](c2ccc(Cl)c(Cl)c2)C1. The van der Waals surface area contributed by atoms with E-state index >= 15 is 0 Å². The topological polar surface area (TPSA) is 41.6 Å². The van der Waals surface area contributed by atoms with Crippen LogP contribution in [-0.4, -0.2) is 43.6 Å². The molecule has 1 atom stereocenters. The van der Waals surface area contributed by atoms with Crippen molar-refractivity contribution in [2.24, 2.45) is 0 Å². The molecule has 1 aromatic carbocycles. The van der Waals surface area contributed by atoms with E-state index in [-0.39, 0.29) is 12.0 Å². The molecule has 1 N–H and O–H groups in total. The molecule has 1 saturated heterocycles. The molecule has 1 fully saturated rings. The number of halogens is 2. The van der Waals surface area contributed by atoms with E-state index < -0.39 is 0 Å². The first-order chi connectivity index (χ1) is 10.1. The van der Waals surface area contributed by atoms with E-state index in [0.717, 1.165) is 25.2 Å². The van der Waals surface area contributed by atoms with Crippen LogP contribution in [0.4, 0.5) is 0 Å². The Kier molecular flexibility index (Phi) is 6.30. The van der Waals surface area contributed by atoms with Crippen molar-refractivity contribution in [1.29, 1.82) is 0 Å². The third kappa shape index (κ3) is 4.85. The number of ether oxygens (including phenoxy) is 1. The van der Waals surface area contributed by atoms with Crippen LogP contribution in [0, 0.1) is 0 Å². The van der Waals surface area contributed by atoms with Gasteiger partial charge in [0.05, 0.1) is 22.8 Å². The molecule has 1 aliphatic rings. The van der Waals surface area contributed by atoms with E-state index in [9.17, 15) is 4.79 Å². The number of rotatable bonds is 5. The molecule has 0 aromatic heterocycles. The van der Waals surface area contributed by atoms with Crippen molar-refractivity contribution in [1.82, 2.24) is 10.2 Å². The van der Waals surface area contributed by atoms with E-state index in [0.29, 0.717) is 29.6 Å². The van der Waals surface area contributed by atoms with Gasteiger partial charge in [0.1, 0.15) is 0 Å². The van der Waals surface area contributed by atoms with E-state index in [1.165, 1.54) is 0 Å². The molecule has 116 valence electrons. The molecule has 6 heteroatoms. The van der Waals surface area contributed by atoms with Gasteiger partial charge in [-0.3, -0.25) is 9.69 Å². The zero-order chi connectivity index (χ0) is 15.2. The lowest BCUT2D eigenvalue weighted by Gasteiger charge is -2.33. The fourth-order valence-electron chi connectivity index (χ4n) is 2.37. The quantitative estimate of drug-likeness (QED) is 0.902. The standard InChI is InChI=1S/C15H20Cl2N2O2/c1-2-18-15(20)5-6-19-7-8-21-14(10-19)11-3-4-12(16)13(17)9-11/h3-4,9,14H,2,5-8,10H2,1H3,(H,18,20)/t14-/m1/s1. The lowest BCUT2D eigenvalue weighted by atomic mass is 10.1. The molecular weight excluding hydrogens is 311 g/mol. The van der Waals surface area contributed by atoms with Gasteiger partial charge in [0.25, 0.3) is 0 Å². The molecule has 1 aromatic rings. The van der Waals surface area contributed by atoms with Crippen molar-refractivity contribution in [2.75, 3.05) is 32.8 Å². The van der Waals surface area contributed by atoms with Crippen molar-refractivity contribution >= 4 is 29.1 Å². The molecule has 0 spiro atoms. The summed E-state index contributed by atoms with van der Waals surface area (Å²) in [4.78, 5) is 13.8. The van der Waals surface area contributed by atoms with Crippen molar-refractivity contribution < 1.29 is 9.53 Å². The number of morpholine rings is 1. The van der Waals surface area contributed by atoms with Gasteiger partial charge in [-0.25, -0.2) is 0 Å². The highest BCUT2D eigenvalue weighted by Crippen LogP contribution is 2.29. The predicted octanol–water partition coefficient (Wildman–Crippen LogP) is 2.89. The third-order valence-electron chi connectivity index (χ3n) is 3.50. The second-order valence-corrected chi connectivity index (χ2v) is 5.85. The molecular formula is C15H20Cl2N2O2. The summed E-state index contributed by atoms with van der Waals surface area (Å²) >= 11 is 12.0. The number of carbonyl (C=O) groups is 1. The van der Waals surface area contributed by atoms with Crippen LogP contribution in [0.3, 0.4) is 0 Å². The van der Waals surface area contributed by atoms with Crippen LogP contribution in [0.15, 0.2) is 18.2 Å².